The fraction of sp³-hybridized carbons (Fsp3) is 0.455. The van der Waals surface area contributed by atoms with Gasteiger partial charge in [-0.15, -0.1) is 0 Å². The number of rotatable bonds is 2. The summed E-state index contributed by atoms with van der Waals surface area (Å²) >= 11 is 6.23. The highest BCUT2D eigenvalue weighted by Crippen LogP contribution is 2.47. The second-order valence-corrected chi connectivity index (χ2v) is 7.98. The summed E-state index contributed by atoms with van der Waals surface area (Å²) in [6, 6.07) is 9.68. The standard InChI is InChI=1S/C22H24ClFN2O2/c1-2-28-21(27)26-12-9-22(24,10-13-26)19-18-8-7-17(23)14-16(18)6-5-15-4-3-11-25-20(15)19/h3-4,7-8,11,14,19H,2,5-6,9-10,12-13H2,1H3. The van der Waals surface area contributed by atoms with Crippen molar-refractivity contribution in [2.45, 2.75) is 44.2 Å². The highest BCUT2D eigenvalue weighted by Gasteiger charge is 2.47. The molecule has 148 valence electrons. The van der Waals surface area contributed by atoms with Gasteiger partial charge in [-0.05, 0) is 54.7 Å². The molecule has 0 radical (unpaired) electrons. The van der Waals surface area contributed by atoms with E-state index in [0.717, 1.165) is 35.2 Å². The molecule has 0 saturated carbocycles. The molecular formula is C22H24ClFN2O2. The SMILES string of the molecule is CCOC(=O)N1CCC(F)(C2c3ccc(Cl)cc3CCc3cccnc32)CC1. The number of pyridine rings is 1. The molecule has 6 heteroatoms. The summed E-state index contributed by atoms with van der Waals surface area (Å²) in [5, 5.41) is 0.668. The molecule has 2 heterocycles. The average molecular weight is 403 g/mol. The van der Waals surface area contributed by atoms with E-state index >= 15 is 4.39 Å². The number of ether oxygens (including phenoxy) is 1. The lowest BCUT2D eigenvalue weighted by atomic mass is 9.74. The Morgan fingerprint density at radius 2 is 2.04 bits per heavy atom. The number of fused-ring (bicyclic) bond motifs is 2. The number of hydrogen-bond acceptors (Lipinski definition) is 3. The first-order chi connectivity index (χ1) is 13.5. The molecule has 1 aliphatic heterocycles. The summed E-state index contributed by atoms with van der Waals surface area (Å²) < 4.78 is 21.5. The number of amides is 1. The van der Waals surface area contributed by atoms with Crippen LogP contribution in [0.1, 0.15) is 48.1 Å². The minimum absolute atomic E-state index is 0.258. The summed E-state index contributed by atoms with van der Waals surface area (Å²) in [6.07, 6.45) is 3.53. The van der Waals surface area contributed by atoms with Crippen molar-refractivity contribution in [3.05, 3.63) is 63.9 Å². The average Bonchev–Trinajstić information content (AvgIpc) is 2.85. The third-order valence-electron chi connectivity index (χ3n) is 5.92. The molecule has 1 saturated heterocycles. The van der Waals surface area contributed by atoms with Crippen molar-refractivity contribution >= 4 is 17.7 Å². The summed E-state index contributed by atoms with van der Waals surface area (Å²) in [5.41, 5.74) is 2.48. The van der Waals surface area contributed by atoms with Crippen molar-refractivity contribution in [2.24, 2.45) is 0 Å². The van der Waals surface area contributed by atoms with E-state index in [0.29, 0.717) is 24.7 Å². The highest BCUT2D eigenvalue weighted by molar-refractivity contribution is 6.30. The molecule has 1 aliphatic carbocycles. The molecule has 0 spiro atoms. The smallest absolute Gasteiger partial charge is 0.409 e. The first-order valence-electron chi connectivity index (χ1n) is 9.84. The Kier molecular flexibility index (Phi) is 5.28. The normalized spacial score (nSPS) is 20.7. The van der Waals surface area contributed by atoms with E-state index in [9.17, 15) is 4.79 Å². The van der Waals surface area contributed by atoms with Gasteiger partial charge in [0.2, 0.25) is 0 Å². The zero-order chi connectivity index (χ0) is 19.7. The lowest BCUT2D eigenvalue weighted by Gasteiger charge is -2.41. The Labute approximate surface area is 169 Å². The lowest BCUT2D eigenvalue weighted by molar-refractivity contribution is 0.0347. The van der Waals surface area contributed by atoms with Crippen LogP contribution in [0.3, 0.4) is 0 Å². The molecule has 0 N–H and O–H groups in total. The maximum absolute atomic E-state index is 16.5. The first-order valence-corrected chi connectivity index (χ1v) is 10.2. The molecular weight excluding hydrogens is 379 g/mol. The monoisotopic (exact) mass is 402 g/mol. The number of aromatic nitrogens is 1. The van der Waals surface area contributed by atoms with Crippen molar-refractivity contribution in [3.63, 3.8) is 0 Å². The summed E-state index contributed by atoms with van der Waals surface area (Å²) in [6.45, 7) is 2.79. The molecule has 1 unspecified atom stereocenters. The molecule has 1 amide bonds. The summed E-state index contributed by atoms with van der Waals surface area (Å²) in [7, 11) is 0. The molecule has 28 heavy (non-hydrogen) atoms. The molecule has 2 aromatic rings. The fourth-order valence-electron chi connectivity index (χ4n) is 4.50. The number of aryl methyl sites for hydroxylation is 2. The van der Waals surface area contributed by atoms with Gasteiger partial charge in [-0.2, -0.15) is 0 Å². The number of carbonyl (C=O) groups is 1. The molecule has 1 fully saturated rings. The predicted octanol–water partition coefficient (Wildman–Crippen LogP) is 4.93. The highest BCUT2D eigenvalue weighted by atomic mass is 35.5. The van der Waals surface area contributed by atoms with Crippen LogP contribution in [0.4, 0.5) is 9.18 Å². The number of hydrogen-bond donors (Lipinski definition) is 0. The Balaban J connectivity index is 1.71. The quantitative estimate of drug-likeness (QED) is 0.715. The zero-order valence-corrected chi connectivity index (χ0v) is 16.7. The van der Waals surface area contributed by atoms with Crippen LogP contribution in [-0.2, 0) is 17.6 Å². The Morgan fingerprint density at radius 3 is 2.79 bits per heavy atom. The van der Waals surface area contributed by atoms with E-state index < -0.39 is 11.6 Å². The van der Waals surface area contributed by atoms with Gasteiger partial charge in [0.25, 0.3) is 0 Å². The van der Waals surface area contributed by atoms with Crippen LogP contribution < -0.4 is 0 Å². The topological polar surface area (TPSA) is 42.4 Å². The number of alkyl halides is 1. The number of carbonyl (C=O) groups excluding carboxylic acids is 1. The Bertz CT molecular complexity index is 881. The van der Waals surface area contributed by atoms with Crippen LogP contribution in [0.25, 0.3) is 0 Å². The van der Waals surface area contributed by atoms with Crippen LogP contribution >= 0.6 is 11.6 Å². The molecule has 1 aromatic carbocycles. The third kappa shape index (κ3) is 3.48. The second kappa shape index (κ2) is 7.70. The van der Waals surface area contributed by atoms with Crippen LogP contribution in [0.5, 0.6) is 0 Å². The Hall–Kier alpha value is -2.14. The minimum atomic E-state index is -1.47. The molecule has 1 aromatic heterocycles. The van der Waals surface area contributed by atoms with Crippen molar-refractivity contribution in [2.75, 3.05) is 19.7 Å². The molecule has 4 nitrogen and oxygen atoms in total. The van der Waals surface area contributed by atoms with Gasteiger partial charge >= 0.3 is 6.09 Å². The number of nitrogens with zero attached hydrogens (tertiary/aromatic N) is 2. The predicted molar refractivity (Wildman–Crippen MR) is 107 cm³/mol. The van der Waals surface area contributed by atoms with E-state index in [-0.39, 0.29) is 18.9 Å². The van der Waals surface area contributed by atoms with Crippen molar-refractivity contribution in [3.8, 4) is 0 Å². The van der Waals surface area contributed by atoms with Crippen LogP contribution in [0, 0.1) is 0 Å². The van der Waals surface area contributed by atoms with Gasteiger partial charge in [0.15, 0.2) is 0 Å². The van der Waals surface area contributed by atoms with E-state index in [2.05, 4.69) is 4.98 Å². The zero-order valence-electron chi connectivity index (χ0n) is 16.0. The van der Waals surface area contributed by atoms with E-state index in [1.165, 1.54) is 0 Å². The van der Waals surface area contributed by atoms with Crippen LogP contribution in [0.2, 0.25) is 5.02 Å². The molecule has 0 bridgehead atoms. The molecule has 2 aliphatic rings. The largest absolute Gasteiger partial charge is 0.450 e. The maximum atomic E-state index is 16.5. The van der Waals surface area contributed by atoms with Gasteiger partial charge in [0, 0.05) is 37.2 Å². The van der Waals surface area contributed by atoms with E-state index in [1.54, 1.807) is 18.0 Å². The van der Waals surface area contributed by atoms with Crippen molar-refractivity contribution < 1.29 is 13.9 Å². The Morgan fingerprint density at radius 1 is 1.29 bits per heavy atom. The van der Waals surface area contributed by atoms with Gasteiger partial charge in [-0.3, -0.25) is 4.98 Å². The van der Waals surface area contributed by atoms with Crippen molar-refractivity contribution in [1.82, 2.24) is 9.88 Å². The van der Waals surface area contributed by atoms with E-state index in [1.807, 2.05) is 30.3 Å². The van der Waals surface area contributed by atoms with Gasteiger partial charge in [0.05, 0.1) is 18.2 Å². The number of likely N-dealkylation sites (tertiary alicyclic amines) is 1. The summed E-state index contributed by atoms with van der Waals surface area (Å²) in [5.74, 6) is -0.456. The van der Waals surface area contributed by atoms with Crippen LogP contribution in [0.15, 0.2) is 36.5 Å². The lowest BCUT2D eigenvalue weighted by Crippen LogP contribution is -2.48. The van der Waals surface area contributed by atoms with Crippen LogP contribution in [-0.4, -0.2) is 41.3 Å². The fourth-order valence-corrected chi connectivity index (χ4v) is 4.69. The maximum Gasteiger partial charge on any atom is 0.409 e. The molecule has 4 rings (SSSR count). The van der Waals surface area contributed by atoms with Gasteiger partial charge in [0.1, 0.15) is 5.67 Å². The van der Waals surface area contributed by atoms with Gasteiger partial charge < -0.3 is 9.64 Å². The number of halogens is 2. The minimum Gasteiger partial charge on any atom is -0.450 e. The third-order valence-corrected chi connectivity index (χ3v) is 6.15. The van der Waals surface area contributed by atoms with E-state index in [4.69, 9.17) is 16.3 Å². The second-order valence-electron chi connectivity index (χ2n) is 7.54. The number of benzene rings is 1. The van der Waals surface area contributed by atoms with Gasteiger partial charge in [-0.1, -0.05) is 23.7 Å². The van der Waals surface area contributed by atoms with Crippen molar-refractivity contribution in [1.29, 1.82) is 0 Å². The van der Waals surface area contributed by atoms with Gasteiger partial charge in [-0.25, -0.2) is 9.18 Å². The number of piperidine rings is 1. The summed E-state index contributed by atoms with van der Waals surface area (Å²) in [4.78, 5) is 18.2. The molecule has 1 atom stereocenters. The first kappa shape index (κ1) is 19.2.